The third-order valence-corrected chi connectivity index (χ3v) is 1.46. The molecule has 0 amide bonds. The van der Waals surface area contributed by atoms with Crippen molar-refractivity contribution in [3.05, 3.63) is 23.4 Å². The molecule has 0 aliphatic heterocycles. The van der Waals surface area contributed by atoms with Crippen molar-refractivity contribution in [3.8, 4) is 18.0 Å². The Morgan fingerprint density at radius 1 is 1.31 bits per heavy atom. The molecule has 0 aliphatic rings. The Kier molecular flexibility index (Phi) is 3.31. The maximum Gasteiger partial charge on any atom is 0.574 e. The highest BCUT2D eigenvalue weighted by Gasteiger charge is 2.32. The van der Waals surface area contributed by atoms with Crippen LogP contribution in [0.15, 0.2) is 12.1 Å². The lowest BCUT2D eigenvalue weighted by Gasteiger charge is -2.08. The minimum atomic E-state index is -4.87. The Morgan fingerprint density at radius 2 is 2.00 bits per heavy atom. The van der Waals surface area contributed by atoms with Crippen molar-refractivity contribution < 1.29 is 17.9 Å². The maximum absolute atomic E-state index is 11.9. The molecule has 1 rings (SSSR count). The number of hydrogen-bond donors (Lipinski definition) is 0. The molecule has 7 heteroatoms. The molecule has 0 unspecified atom stereocenters. The second kappa shape index (κ2) is 4.49. The molecule has 0 saturated heterocycles. The highest BCUT2D eigenvalue weighted by atomic mass is 19.4. The van der Waals surface area contributed by atoms with E-state index in [1.165, 1.54) is 6.07 Å². The van der Waals surface area contributed by atoms with Crippen LogP contribution in [0, 0.1) is 22.7 Å². The van der Waals surface area contributed by atoms with Crippen molar-refractivity contribution in [2.45, 2.75) is 12.8 Å². The predicted molar refractivity (Wildman–Crippen MR) is 45.0 cm³/mol. The summed E-state index contributed by atoms with van der Waals surface area (Å²) in [7, 11) is 0. The topological polar surface area (TPSA) is 69.7 Å². The molecular weight excluding hydrogens is 223 g/mol. The van der Waals surface area contributed by atoms with Crippen molar-refractivity contribution in [2.75, 3.05) is 0 Å². The van der Waals surface area contributed by atoms with E-state index in [-0.39, 0.29) is 17.7 Å². The first-order chi connectivity index (χ1) is 7.44. The summed E-state index contributed by atoms with van der Waals surface area (Å²) >= 11 is 0. The fraction of sp³-hybridized carbons (Fsp3) is 0.222. The van der Waals surface area contributed by atoms with Crippen LogP contribution in [0.25, 0.3) is 0 Å². The minimum absolute atomic E-state index is 0.0421. The van der Waals surface area contributed by atoms with Gasteiger partial charge in [-0.1, -0.05) is 0 Å². The van der Waals surface area contributed by atoms with E-state index < -0.39 is 12.2 Å². The molecule has 0 spiro atoms. The zero-order chi connectivity index (χ0) is 12.2. The molecule has 0 atom stereocenters. The number of rotatable bonds is 2. The summed E-state index contributed by atoms with van der Waals surface area (Å²) in [5.74, 6) is -0.739. The number of pyridine rings is 1. The van der Waals surface area contributed by atoms with Crippen LogP contribution in [0.1, 0.15) is 11.3 Å². The molecule has 0 radical (unpaired) electrons. The van der Waals surface area contributed by atoms with Crippen LogP contribution in [-0.4, -0.2) is 11.3 Å². The van der Waals surface area contributed by atoms with E-state index in [4.69, 9.17) is 10.5 Å². The van der Waals surface area contributed by atoms with Crippen molar-refractivity contribution in [3.63, 3.8) is 0 Å². The maximum atomic E-state index is 11.9. The second-order valence-corrected chi connectivity index (χ2v) is 2.68. The number of aromatic nitrogens is 1. The Morgan fingerprint density at radius 3 is 2.50 bits per heavy atom. The lowest BCUT2D eigenvalue weighted by atomic mass is 10.2. The molecule has 1 aromatic heterocycles. The van der Waals surface area contributed by atoms with E-state index in [2.05, 4.69) is 9.72 Å². The number of alkyl halides is 3. The van der Waals surface area contributed by atoms with Gasteiger partial charge in [-0.3, -0.25) is 0 Å². The molecule has 82 valence electrons. The zero-order valence-electron chi connectivity index (χ0n) is 7.75. The summed E-state index contributed by atoms with van der Waals surface area (Å²) in [5.41, 5.74) is 0.0142. The quantitative estimate of drug-likeness (QED) is 0.773. The summed E-state index contributed by atoms with van der Waals surface area (Å²) in [5, 5.41) is 16.9. The van der Waals surface area contributed by atoms with E-state index in [0.29, 0.717) is 0 Å². The largest absolute Gasteiger partial charge is 0.574 e. The fourth-order valence-corrected chi connectivity index (χ4v) is 0.967. The minimum Gasteiger partial charge on any atom is -0.388 e. The molecule has 1 heterocycles. The van der Waals surface area contributed by atoms with Gasteiger partial charge in [0.2, 0.25) is 5.88 Å². The number of nitrogens with zero attached hydrogens (tertiary/aromatic N) is 3. The molecule has 16 heavy (non-hydrogen) atoms. The van der Waals surface area contributed by atoms with Crippen molar-refractivity contribution in [2.24, 2.45) is 0 Å². The van der Waals surface area contributed by atoms with Gasteiger partial charge in [-0.2, -0.15) is 10.5 Å². The average molecular weight is 227 g/mol. The van der Waals surface area contributed by atoms with Gasteiger partial charge in [0.1, 0.15) is 0 Å². The second-order valence-electron chi connectivity index (χ2n) is 2.68. The monoisotopic (exact) mass is 227 g/mol. The number of hydrogen-bond acceptors (Lipinski definition) is 4. The fourth-order valence-electron chi connectivity index (χ4n) is 0.967. The molecule has 0 N–H and O–H groups in total. The Hall–Kier alpha value is -2.28. The van der Waals surface area contributed by atoms with Crippen LogP contribution in [0.2, 0.25) is 0 Å². The van der Waals surface area contributed by atoms with E-state index in [1.807, 2.05) is 0 Å². The first kappa shape index (κ1) is 11.8. The summed E-state index contributed by atoms with van der Waals surface area (Å²) < 4.78 is 39.2. The van der Waals surface area contributed by atoms with Crippen LogP contribution in [0.4, 0.5) is 13.2 Å². The van der Waals surface area contributed by atoms with Gasteiger partial charge in [-0.15, -0.1) is 13.2 Å². The van der Waals surface area contributed by atoms with Crippen LogP contribution >= 0.6 is 0 Å². The standard InChI is InChI=1S/C9H4F3N3O/c10-9(11,12)16-8-4-6(5-14)3-7(15-8)1-2-13/h3-4H,1H2. The van der Waals surface area contributed by atoms with Crippen molar-refractivity contribution >= 4 is 0 Å². The van der Waals surface area contributed by atoms with Gasteiger partial charge >= 0.3 is 6.36 Å². The number of halogens is 3. The average Bonchev–Trinajstić information content (AvgIpc) is 2.15. The number of nitriles is 2. The van der Waals surface area contributed by atoms with Gasteiger partial charge in [0, 0.05) is 6.07 Å². The van der Waals surface area contributed by atoms with Gasteiger partial charge < -0.3 is 4.74 Å². The van der Waals surface area contributed by atoms with Gasteiger partial charge in [0.25, 0.3) is 0 Å². The van der Waals surface area contributed by atoms with E-state index in [9.17, 15) is 13.2 Å². The van der Waals surface area contributed by atoms with Gasteiger partial charge in [-0.05, 0) is 6.07 Å². The Bertz CT molecular complexity index is 470. The lowest BCUT2D eigenvalue weighted by molar-refractivity contribution is -0.276. The molecule has 0 fully saturated rings. The van der Waals surface area contributed by atoms with Crippen molar-refractivity contribution in [1.29, 1.82) is 10.5 Å². The van der Waals surface area contributed by atoms with Gasteiger partial charge in [0.15, 0.2) is 0 Å². The third-order valence-electron chi connectivity index (χ3n) is 1.46. The lowest BCUT2D eigenvalue weighted by Crippen LogP contribution is -2.18. The summed E-state index contributed by atoms with van der Waals surface area (Å²) in [4.78, 5) is 3.44. The summed E-state index contributed by atoms with van der Waals surface area (Å²) in [6.45, 7) is 0. The van der Waals surface area contributed by atoms with Crippen LogP contribution in [0.3, 0.4) is 0 Å². The molecule has 0 saturated carbocycles. The highest BCUT2D eigenvalue weighted by molar-refractivity contribution is 5.35. The number of ether oxygens (including phenoxy) is 1. The summed E-state index contributed by atoms with van der Waals surface area (Å²) in [6, 6.07) is 5.46. The predicted octanol–water partition coefficient (Wildman–Crippen LogP) is 1.92. The van der Waals surface area contributed by atoms with Crippen LogP contribution in [-0.2, 0) is 6.42 Å². The van der Waals surface area contributed by atoms with E-state index >= 15 is 0 Å². The SMILES string of the molecule is N#CCc1cc(C#N)cc(OC(F)(F)F)n1. The molecule has 4 nitrogen and oxygen atoms in total. The molecule has 0 aliphatic carbocycles. The normalized spacial score (nSPS) is 10.3. The highest BCUT2D eigenvalue weighted by Crippen LogP contribution is 2.22. The first-order valence-electron chi connectivity index (χ1n) is 3.98. The van der Waals surface area contributed by atoms with Gasteiger partial charge in [-0.25, -0.2) is 4.98 Å². The van der Waals surface area contributed by atoms with E-state index in [0.717, 1.165) is 6.07 Å². The first-order valence-corrected chi connectivity index (χ1v) is 3.98. The zero-order valence-corrected chi connectivity index (χ0v) is 7.75. The molecule has 0 bridgehead atoms. The van der Waals surface area contributed by atoms with Crippen LogP contribution in [0.5, 0.6) is 5.88 Å². The van der Waals surface area contributed by atoms with E-state index in [1.54, 1.807) is 12.1 Å². The van der Waals surface area contributed by atoms with Crippen molar-refractivity contribution in [1.82, 2.24) is 4.98 Å². The Labute approximate surface area is 88.5 Å². The molecule has 0 aromatic carbocycles. The molecular formula is C9H4F3N3O. The molecule has 1 aromatic rings. The van der Waals surface area contributed by atoms with Gasteiger partial charge in [0.05, 0.1) is 29.8 Å². The van der Waals surface area contributed by atoms with Crippen LogP contribution < -0.4 is 4.74 Å². The summed E-state index contributed by atoms with van der Waals surface area (Å²) in [6.07, 6.45) is -5.06. The smallest absolute Gasteiger partial charge is 0.388 e. The third kappa shape index (κ3) is 3.46. The Balaban J connectivity index is 3.06.